The number of nitrogens with zero attached hydrogens (tertiary/aromatic N) is 2. The molecule has 0 fully saturated rings. The molecule has 1 unspecified atom stereocenters. The zero-order chi connectivity index (χ0) is 28.6. The third-order valence-electron chi connectivity index (χ3n) is 7.15. The van der Waals surface area contributed by atoms with Crippen molar-refractivity contribution in [1.82, 2.24) is 9.88 Å². The highest BCUT2D eigenvalue weighted by Gasteiger charge is 2.44. The van der Waals surface area contributed by atoms with Gasteiger partial charge in [-0.25, -0.2) is 4.98 Å². The van der Waals surface area contributed by atoms with Crippen LogP contribution in [0.4, 0.5) is 0 Å². The Morgan fingerprint density at radius 2 is 1.73 bits per heavy atom. The maximum absolute atomic E-state index is 14.1. The molecule has 0 bridgehead atoms. The summed E-state index contributed by atoms with van der Waals surface area (Å²) in [5.74, 6) is -0.827. The fourth-order valence-corrected chi connectivity index (χ4v) is 5.99. The van der Waals surface area contributed by atoms with Crippen molar-refractivity contribution in [2.75, 3.05) is 7.11 Å². The average Bonchev–Trinajstić information content (AvgIpc) is 3.46. The van der Waals surface area contributed by atoms with Crippen LogP contribution in [0.2, 0.25) is 0 Å². The number of carbonyl (C=O) groups is 2. The van der Waals surface area contributed by atoms with Gasteiger partial charge in [0.2, 0.25) is 5.78 Å². The van der Waals surface area contributed by atoms with E-state index in [1.807, 2.05) is 78.9 Å². The molecule has 0 saturated carbocycles. The van der Waals surface area contributed by atoms with Crippen LogP contribution in [0.5, 0.6) is 5.75 Å². The van der Waals surface area contributed by atoms with Crippen LogP contribution < -0.4 is 4.74 Å². The molecule has 6 nitrogen and oxygen atoms in total. The minimum atomic E-state index is -0.762. The number of benzene rings is 3. The molecule has 3 aromatic carbocycles. The van der Waals surface area contributed by atoms with Gasteiger partial charge in [0.25, 0.3) is 5.91 Å². The molecule has 0 radical (unpaired) electrons. The number of amides is 1. The molecule has 1 amide bonds. The normalized spacial score (nSPS) is 15.6. The number of ether oxygens (including phenoxy) is 1. The van der Waals surface area contributed by atoms with Crippen molar-refractivity contribution in [2.45, 2.75) is 45.7 Å². The van der Waals surface area contributed by atoms with Gasteiger partial charge in [-0.1, -0.05) is 87.5 Å². The number of methoxy groups -OCH3 is 1. The summed E-state index contributed by atoms with van der Waals surface area (Å²) in [4.78, 5) is 34.3. The fraction of sp³-hybridized carbons (Fsp3) is 0.242. The number of aryl methyl sites for hydroxylation is 1. The van der Waals surface area contributed by atoms with E-state index in [1.165, 1.54) is 11.3 Å². The number of aliphatic hydroxyl groups excluding tert-OH is 1. The molecule has 204 valence electrons. The van der Waals surface area contributed by atoms with Gasteiger partial charge >= 0.3 is 0 Å². The summed E-state index contributed by atoms with van der Waals surface area (Å²) in [7, 11) is 1.59. The number of hydrogen-bond donors (Lipinski definition) is 1. The number of Topliss-reactive ketones (excluding diaryl/α,β-unsaturated/α-hetero) is 1. The molecule has 0 spiro atoms. The van der Waals surface area contributed by atoms with Crippen molar-refractivity contribution in [3.05, 3.63) is 117 Å². The Kier molecular flexibility index (Phi) is 7.34. The second-order valence-corrected chi connectivity index (χ2v) is 11.9. The summed E-state index contributed by atoms with van der Waals surface area (Å²) in [6, 6.07) is 24.2. The van der Waals surface area contributed by atoms with Crippen LogP contribution in [0.15, 0.2) is 90.2 Å². The third kappa shape index (κ3) is 5.17. The number of carbonyl (C=O) groups excluding carboxylic acids is 2. The smallest absolute Gasteiger partial charge is 0.290 e. The Bertz CT molecular complexity index is 1600. The lowest BCUT2D eigenvalue weighted by molar-refractivity contribution is -0.130. The lowest BCUT2D eigenvalue weighted by atomic mass is 9.85. The van der Waals surface area contributed by atoms with E-state index >= 15 is 0 Å². The van der Waals surface area contributed by atoms with Gasteiger partial charge in [0.15, 0.2) is 5.76 Å². The molecule has 2 heterocycles. The lowest BCUT2D eigenvalue weighted by Crippen LogP contribution is -2.30. The summed E-state index contributed by atoms with van der Waals surface area (Å²) in [5, 5.41) is 11.9. The molecule has 4 aromatic rings. The fourth-order valence-electron chi connectivity index (χ4n) is 4.96. The molecule has 7 heteroatoms. The van der Waals surface area contributed by atoms with Crippen molar-refractivity contribution in [1.29, 1.82) is 0 Å². The topological polar surface area (TPSA) is 79.7 Å². The van der Waals surface area contributed by atoms with Gasteiger partial charge in [0.1, 0.15) is 10.8 Å². The average molecular weight is 553 g/mol. The number of ketones is 1. The molecule has 1 aromatic heterocycles. The van der Waals surface area contributed by atoms with E-state index in [0.717, 1.165) is 22.3 Å². The van der Waals surface area contributed by atoms with Crippen LogP contribution in [0.3, 0.4) is 0 Å². The monoisotopic (exact) mass is 552 g/mol. The molecular formula is C33H32N2O4S. The highest BCUT2D eigenvalue weighted by Crippen LogP contribution is 2.42. The molecule has 1 N–H and O–H groups in total. The Hall–Kier alpha value is -4.23. The van der Waals surface area contributed by atoms with Crippen LogP contribution in [0.1, 0.15) is 58.9 Å². The molecule has 5 rings (SSSR count). The van der Waals surface area contributed by atoms with E-state index in [1.54, 1.807) is 18.9 Å². The van der Waals surface area contributed by atoms with Gasteiger partial charge in [-0.15, -0.1) is 11.3 Å². The quantitative estimate of drug-likeness (QED) is 0.245. The van der Waals surface area contributed by atoms with Gasteiger partial charge in [-0.2, -0.15) is 0 Å². The highest BCUT2D eigenvalue weighted by molar-refractivity contribution is 7.17. The zero-order valence-corrected chi connectivity index (χ0v) is 24.1. The zero-order valence-electron chi connectivity index (χ0n) is 23.3. The molecule has 0 aliphatic carbocycles. The summed E-state index contributed by atoms with van der Waals surface area (Å²) in [5.41, 5.74) is 4.19. The number of thiazole rings is 1. The van der Waals surface area contributed by atoms with Crippen molar-refractivity contribution in [2.24, 2.45) is 0 Å². The minimum Gasteiger partial charge on any atom is -0.503 e. The highest BCUT2D eigenvalue weighted by atomic mass is 32.1. The van der Waals surface area contributed by atoms with Crippen molar-refractivity contribution in [3.63, 3.8) is 0 Å². The first kappa shape index (κ1) is 27.3. The van der Waals surface area contributed by atoms with E-state index in [0.29, 0.717) is 21.3 Å². The summed E-state index contributed by atoms with van der Waals surface area (Å²) < 4.78 is 5.37. The van der Waals surface area contributed by atoms with Gasteiger partial charge in [-0.3, -0.25) is 9.59 Å². The molecule has 40 heavy (non-hydrogen) atoms. The van der Waals surface area contributed by atoms with Crippen LogP contribution >= 0.6 is 11.3 Å². The van der Waals surface area contributed by atoms with Gasteiger partial charge in [0.05, 0.1) is 29.3 Å². The van der Waals surface area contributed by atoms with E-state index < -0.39 is 17.7 Å². The number of aliphatic hydroxyl groups is 1. The van der Waals surface area contributed by atoms with Crippen molar-refractivity contribution >= 4 is 23.0 Å². The number of hydrogen-bond acceptors (Lipinski definition) is 6. The second-order valence-electron chi connectivity index (χ2n) is 11.0. The maximum atomic E-state index is 14.1. The van der Waals surface area contributed by atoms with E-state index in [2.05, 4.69) is 25.8 Å². The van der Waals surface area contributed by atoms with Crippen LogP contribution in [-0.2, 0) is 16.8 Å². The number of rotatable bonds is 7. The van der Waals surface area contributed by atoms with Gasteiger partial charge in [0, 0.05) is 12.1 Å². The summed E-state index contributed by atoms with van der Waals surface area (Å²) in [6.07, 6.45) is 0. The third-order valence-corrected chi connectivity index (χ3v) is 8.36. The van der Waals surface area contributed by atoms with Crippen LogP contribution in [0.25, 0.3) is 10.6 Å². The molecular weight excluding hydrogens is 520 g/mol. The van der Waals surface area contributed by atoms with Crippen molar-refractivity contribution < 1.29 is 19.4 Å². The molecule has 1 atom stereocenters. The summed E-state index contributed by atoms with van der Waals surface area (Å²) >= 11 is 1.27. The van der Waals surface area contributed by atoms with Gasteiger partial charge in [-0.05, 0) is 41.2 Å². The van der Waals surface area contributed by atoms with Crippen molar-refractivity contribution in [3.8, 4) is 16.3 Å². The standard InChI is InChI=1S/C33H32N2O4S/c1-20-30(40-31(34-20)23-11-7-6-8-12-23)28(36)26-27(22-14-16-24(17-15-22)33(2,3)4)35(32(38)29(26)37)19-21-10-9-13-25(18-21)39-5/h6-18,27,37H,19H2,1-5H3. The maximum Gasteiger partial charge on any atom is 0.290 e. The Balaban J connectivity index is 1.58. The van der Waals surface area contributed by atoms with Gasteiger partial charge < -0.3 is 14.7 Å². The second kappa shape index (κ2) is 10.7. The first-order valence-electron chi connectivity index (χ1n) is 13.1. The molecule has 0 saturated heterocycles. The van der Waals surface area contributed by atoms with E-state index in [9.17, 15) is 14.7 Å². The van der Waals surface area contributed by atoms with Crippen LogP contribution in [-0.4, -0.2) is 33.8 Å². The predicted molar refractivity (Wildman–Crippen MR) is 158 cm³/mol. The Morgan fingerprint density at radius 1 is 1.02 bits per heavy atom. The first-order valence-corrected chi connectivity index (χ1v) is 13.9. The predicted octanol–water partition coefficient (Wildman–Crippen LogP) is 7.20. The Morgan fingerprint density at radius 3 is 2.38 bits per heavy atom. The van der Waals surface area contributed by atoms with Crippen LogP contribution in [0, 0.1) is 6.92 Å². The summed E-state index contributed by atoms with van der Waals surface area (Å²) in [6.45, 7) is 8.38. The Labute approximate surface area is 238 Å². The number of aromatic nitrogens is 1. The van der Waals surface area contributed by atoms with E-state index in [-0.39, 0.29) is 23.3 Å². The van der Waals surface area contributed by atoms with E-state index in [4.69, 9.17) is 4.74 Å². The molecule has 1 aliphatic heterocycles. The largest absolute Gasteiger partial charge is 0.503 e. The first-order chi connectivity index (χ1) is 19.1. The SMILES string of the molecule is COc1cccc(CN2C(=O)C(O)=C(C(=O)c3sc(-c4ccccc4)nc3C)C2c2ccc(C(C)(C)C)cc2)c1. The minimum absolute atomic E-state index is 0.0610. The lowest BCUT2D eigenvalue weighted by Gasteiger charge is -2.28. The molecule has 1 aliphatic rings.